The van der Waals surface area contributed by atoms with E-state index in [9.17, 15) is 17.6 Å². The second kappa shape index (κ2) is 8.68. The van der Waals surface area contributed by atoms with Gasteiger partial charge in [-0.15, -0.1) is 0 Å². The van der Waals surface area contributed by atoms with Crippen molar-refractivity contribution in [3.8, 4) is 0 Å². The average molecular weight is 446 g/mol. The van der Waals surface area contributed by atoms with Gasteiger partial charge in [0.2, 0.25) is 15.9 Å². The van der Waals surface area contributed by atoms with E-state index in [-0.39, 0.29) is 17.8 Å². The largest absolute Gasteiger partial charge is 0.352 e. The Hall–Kier alpha value is -2.29. The summed E-state index contributed by atoms with van der Waals surface area (Å²) in [5, 5.41) is 3.04. The molecule has 4 rings (SSSR count). The van der Waals surface area contributed by atoms with E-state index in [4.69, 9.17) is 0 Å². The molecule has 1 N–H and O–H groups in total. The topological polar surface area (TPSA) is 69.7 Å². The van der Waals surface area contributed by atoms with Crippen molar-refractivity contribution in [3.63, 3.8) is 0 Å². The summed E-state index contributed by atoms with van der Waals surface area (Å²) < 4.78 is 41.3. The Labute approximate surface area is 183 Å². The summed E-state index contributed by atoms with van der Waals surface area (Å²) >= 11 is 0. The van der Waals surface area contributed by atoms with Crippen LogP contribution >= 0.6 is 0 Å². The first-order valence-electron chi connectivity index (χ1n) is 10.6. The molecule has 166 valence electrons. The monoisotopic (exact) mass is 445 g/mol. The zero-order valence-corrected chi connectivity index (χ0v) is 18.7. The van der Waals surface area contributed by atoms with Gasteiger partial charge in [0.15, 0.2) is 0 Å². The fraction of sp³-hybridized carbons (Fsp3) is 0.435. The van der Waals surface area contributed by atoms with Crippen LogP contribution in [0.15, 0.2) is 47.4 Å². The summed E-state index contributed by atoms with van der Waals surface area (Å²) in [5.41, 5.74) is 2.46. The summed E-state index contributed by atoms with van der Waals surface area (Å²) in [7, 11) is -3.60. The van der Waals surface area contributed by atoms with Crippen molar-refractivity contribution in [2.24, 2.45) is 0 Å². The molecule has 0 spiro atoms. The van der Waals surface area contributed by atoms with Crippen molar-refractivity contribution in [1.29, 1.82) is 0 Å². The van der Waals surface area contributed by atoms with E-state index in [0.29, 0.717) is 36.6 Å². The third-order valence-corrected chi connectivity index (χ3v) is 8.00. The van der Waals surface area contributed by atoms with Crippen LogP contribution in [0.25, 0.3) is 0 Å². The molecule has 31 heavy (non-hydrogen) atoms. The number of sulfonamides is 1. The summed E-state index contributed by atoms with van der Waals surface area (Å²) in [6, 6.07) is 11.0. The zero-order chi connectivity index (χ0) is 22.2. The molecule has 2 aliphatic rings. The first-order valence-corrected chi connectivity index (χ1v) is 12.1. The normalized spacial score (nSPS) is 19.2. The number of hydrogen-bond acceptors (Lipinski definition) is 4. The maximum absolute atomic E-state index is 13.4. The summed E-state index contributed by atoms with van der Waals surface area (Å²) in [6.07, 6.45) is 1.95. The van der Waals surface area contributed by atoms with Crippen LogP contribution in [0, 0.1) is 19.7 Å². The fourth-order valence-electron chi connectivity index (χ4n) is 4.11. The van der Waals surface area contributed by atoms with Crippen LogP contribution in [-0.2, 0) is 14.8 Å². The minimum Gasteiger partial charge on any atom is -0.352 e. The Morgan fingerprint density at radius 3 is 2.26 bits per heavy atom. The minimum atomic E-state index is -3.60. The number of carbonyl (C=O) groups is 1. The van der Waals surface area contributed by atoms with Crippen LogP contribution in [0.2, 0.25) is 0 Å². The maximum Gasteiger partial charge on any atom is 0.243 e. The van der Waals surface area contributed by atoms with Crippen molar-refractivity contribution < 1.29 is 17.6 Å². The van der Waals surface area contributed by atoms with E-state index < -0.39 is 16.1 Å². The molecule has 6 nitrogen and oxygen atoms in total. The molecule has 1 heterocycles. The number of nitrogens with one attached hydrogen (secondary N) is 1. The summed E-state index contributed by atoms with van der Waals surface area (Å²) in [5.74, 6) is -0.464. The second-order valence-electron chi connectivity index (χ2n) is 8.45. The van der Waals surface area contributed by atoms with Gasteiger partial charge in [0.25, 0.3) is 0 Å². The van der Waals surface area contributed by atoms with Gasteiger partial charge in [-0.1, -0.05) is 29.8 Å². The number of amides is 1. The van der Waals surface area contributed by atoms with Gasteiger partial charge in [-0.25, -0.2) is 12.8 Å². The Kier molecular flexibility index (Phi) is 6.14. The third-order valence-electron chi connectivity index (χ3n) is 5.94. The fourth-order valence-corrected chi connectivity index (χ4v) is 5.74. The molecule has 1 saturated carbocycles. The SMILES string of the molecule is Cc1ccc(S(=O)(=O)N2CCN([C@H](C(=O)NC3CC3)c3ccc(F)cc3)CC2)c(C)c1. The van der Waals surface area contributed by atoms with Gasteiger partial charge in [-0.05, 0) is 56.0 Å². The van der Waals surface area contributed by atoms with Gasteiger partial charge in [-0.3, -0.25) is 9.69 Å². The number of halogens is 1. The molecule has 8 heteroatoms. The minimum absolute atomic E-state index is 0.111. The number of aryl methyl sites for hydroxylation is 2. The van der Waals surface area contributed by atoms with Crippen LogP contribution in [0.1, 0.15) is 35.6 Å². The molecular formula is C23H28FN3O3S. The third kappa shape index (κ3) is 4.81. The molecule has 2 aromatic rings. The smallest absolute Gasteiger partial charge is 0.243 e. The molecule has 0 aromatic heterocycles. The Bertz CT molecular complexity index is 1060. The number of rotatable bonds is 6. The molecule has 1 aliphatic heterocycles. The van der Waals surface area contributed by atoms with E-state index in [1.807, 2.05) is 30.9 Å². The van der Waals surface area contributed by atoms with Crippen LogP contribution in [0.3, 0.4) is 0 Å². The Morgan fingerprint density at radius 1 is 1.03 bits per heavy atom. The molecule has 0 unspecified atom stereocenters. The van der Waals surface area contributed by atoms with Gasteiger partial charge in [0, 0.05) is 32.2 Å². The van der Waals surface area contributed by atoms with Gasteiger partial charge in [0.05, 0.1) is 4.90 Å². The molecule has 0 bridgehead atoms. The Morgan fingerprint density at radius 2 is 1.68 bits per heavy atom. The van der Waals surface area contributed by atoms with Gasteiger partial charge < -0.3 is 5.32 Å². The van der Waals surface area contributed by atoms with E-state index in [1.165, 1.54) is 16.4 Å². The summed E-state index contributed by atoms with van der Waals surface area (Å²) in [4.78, 5) is 15.3. The first kappa shape index (κ1) is 21.9. The lowest BCUT2D eigenvalue weighted by molar-refractivity contribution is -0.127. The van der Waals surface area contributed by atoms with Gasteiger partial charge >= 0.3 is 0 Å². The standard InChI is InChI=1S/C23H28FN3O3S/c1-16-3-10-21(17(2)15-16)31(29,30)27-13-11-26(12-14-27)22(23(28)25-20-8-9-20)18-4-6-19(24)7-5-18/h3-7,10,15,20,22H,8-9,11-14H2,1-2H3,(H,25,28)/t22-/m0/s1. The lowest BCUT2D eigenvalue weighted by atomic mass is 10.0. The van der Waals surface area contributed by atoms with Crippen molar-refractivity contribution in [3.05, 3.63) is 65.0 Å². The first-order chi connectivity index (χ1) is 14.8. The van der Waals surface area contributed by atoms with Crippen LogP contribution in [0.5, 0.6) is 0 Å². The number of piperazine rings is 1. The molecule has 1 aliphatic carbocycles. The van der Waals surface area contributed by atoms with Gasteiger partial charge in [0.1, 0.15) is 11.9 Å². The van der Waals surface area contributed by atoms with E-state index in [2.05, 4.69) is 5.32 Å². The lowest BCUT2D eigenvalue weighted by Gasteiger charge is -2.38. The molecule has 1 atom stereocenters. The van der Waals surface area contributed by atoms with Crippen LogP contribution < -0.4 is 5.32 Å². The maximum atomic E-state index is 13.4. The molecule has 1 saturated heterocycles. The van der Waals surface area contributed by atoms with E-state index in [1.54, 1.807) is 18.2 Å². The quantitative estimate of drug-likeness (QED) is 0.742. The van der Waals surface area contributed by atoms with Crippen molar-refractivity contribution in [2.45, 2.75) is 43.7 Å². The predicted molar refractivity (Wildman–Crippen MR) is 117 cm³/mol. The second-order valence-corrected chi connectivity index (χ2v) is 10.4. The zero-order valence-electron chi connectivity index (χ0n) is 17.8. The highest BCUT2D eigenvalue weighted by Crippen LogP contribution is 2.28. The van der Waals surface area contributed by atoms with Crippen LogP contribution in [-0.4, -0.2) is 55.8 Å². The van der Waals surface area contributed by atoms with Gasteiger partial charge in [-0.2, -0.15) is 4.31 Å². The van der Waals surface area contributed by atoms with E-state index in [0.717, 1.165) is 24.0 Å². The number of nitrogens with zero attached hydrogens (tertiary/aromatic N) is 2. The number of benzene rings is 2. The van der Waals surface area contributed by atoms with Crippen molar-refractivity contribution >= 4 is 15.9 Å². The highest BCUT2D eigenvalue weighted by molar-refractivity contribution is 7.89. The predicted octanol–water partition coefficient (Wildman–Crippen LogP) is 2.77. The highest BCUT2D eigenvalue weighted by atomic mass is 32.2. The lowest BCUT2D eigenvalue weighted by Crippen LogP contribution is -2.52. The van der Waals surface area contributed by atoms with Crippen LogP contribution in [0.4, 0.5) is 4.39 Å². The molecule has 2 fully saturated rings. The molecule has 1 amide bonds. The molecule has 2 aromatic carbocycles. The van der Waals surface area contributed by atoms with Crippen molar-refractivity contribution in [2.75, 3.05) is 26.2 Å². The van der Waals surface area contributed by atoms with Crippen molar-refractivity contribution in [1.82, 2.24) is 14.5 Å². The average Bonchev–Trinajstić information content (AvgIpc) is 3.54. The Balaban J connectivity index is 1.51. The highest BCUT2D eigenvalue weighted by Gasteiger charge is 2.36. The molecular weight excluding hydrogens is 417 g/mol. The van der Waals surface area contributed by atoms with E-state index >= 15 is 0 Å². The number of hydrogen-bond donors (Lipinski definition) is 1. The summed E-state index contributed by atoms with van der Waals surface area (Å²) in [6.45, 7) is 5.18. The number of carbonyl (C=O) groups excluding carboxylic acids is 1. The molecule has 0 radical (unpaired) electrons.